The highest BCUT2D eigenvalue weighted by molar-refractivity contribution is 8.23. The smallest absolute Gasteiger partial charge is 0.266 e. The van der Waals surface area contributed by atoms with Gasteiger partial charge in [-0.05, 0) is 44.8 Å². The van der Waals surface area contributed by atoms with Crippen LogP contribution in [0.2, 0.25) is 0 Å². The summed E-state index contributed by atoms with van der Waals surface area (Å²) in [7, 11) is 0. The van der Waals surface area contributed by atoms with E-state index >= 15 is 0 Å². The zero-order valence-electron chi connectivity index (χ0n) is 8.11. The summed E-state index contributed by atoms with van der Waals surface area (Å²) < 4.78 is 15.8. The zero-order chi connectivity index (χ0) is 10.3. The van der Waals surface area contributed by atoms with Gasteiger partial charge in [-0.1, -0.05) is 0 Å². The summed E-state index contributed by atoms with van der Waals surface area (Å²) in [5, 5.41) is 0. The Morgan fingerprint density at radius 3 is 1.85 bits per heavy atom. The molecular formula is C7H15O3PS2. The van der Waals surface area contributed by atoms with Crippen molar-refractivity contribution in [1.82, 2.24) is 0 Å². The van der Waals surface area contributed by atoms with Gasteiger partial charge in [0.05, 0.1) is 19.8 Å². The lowest BCUT2D eigenvalue weighted by molar-refractivity contribution is 0.263. The van der Waals surface area contributed by atoms with Crippen molar-refractivity contribution in [2.45, 2.75) is 20.8 Å². The van der Waals surface area contributed by atoms with Crippen LogP contribution in [0.25, 0.3) is 0 Å². The second-order valence-electron chi connectivity index (χ2n) is 2.03. The minimum Gasteiger partial charge on any atom is -0.480 e. The standard InChI is InChI=1S/C7H15O3PS2/c1-4-8-7(12)11(13,9-5-2)10-6-3/h4-6H2,1-3H3. The molecule has 0 aliphatic carbocycles. The summed E-state index contributed by atoms with van der Waals surface area (Å²) in [5.74, 6) is 0. The molecule has 0 unspecified atom stereocenters. The lowest BCUT2D eigenvalue weighted by atomic mass is 10.9. The van der Waals surface area contributed by atoms with Gasteiger partial charge >= 0.3 is 0 Å². The first-order valence-corrected chi connectivity index (χ1v) is 7.21. The third-order valence-electron chi connectivity index (χ3n) is 1.09. The third kappa shape index (κ3) is 4.47. The molecule has 0 aromatic heterocycles. The third-order valence-corrected chi connectivity index (χ3v) is 5.18. The SMILES string of the molecule is CCOC(=S)P(=S)(OCC)OCC. The fourth-order valence-corrected chi connectivity index (χ4v) is 3.16. The molecule has 13 heavy (non-hydrogen) atoms. The summed E-state index contributed by atoms with van der Waals surface area (Å²) in [6, 6.07) is 0. The Morgan fingerprint density at radius 1 is 1.08 bits per heavy atom. The van der Waals surface area contributed by atoms with E-state index in [-0.39, 0.29) is 4.79 Å². The first-order chi connectivity index (χ1) is 6.10. The van der Waals surface area contributed by atoms with E-state index < -0.39 is 6.49 Å². The van der Waals surface area contributed by atoms with E-state index in [1.165, 1.54) is 0 Å². The van der Waals surface area contributed by atoms with Gasteiger partial charge in [-0.15, -0.1) is 0 Å². The Kier molecular flexibility index (Phi) is 7.09. The number of hydrogen-bond acceptors (Lipinski definition) is 5. The molecule has 6 heteroatoms. The van der Waals surface area contributed by atoms with Gasteiger partial charge in [-0.3, -0.25) is 0 Å². The first-order valence-electron chi connectivity index (χ1n) is 4.17. The van der Waals surface area contributed by atoms with Crippen LogP contribution in [0.1, 0.15) is 20.8 Å². The van der Waals surface area contributed by atoms with Gasteiger partial charge in [0.1, 0.15) is 0 Å². The first kappa shape index (κ1) is 13.5. The van der Waals surface area contributed by atoms with Gasteiger partial charge in [0, 0.05) is 0 Å². The average Bonchev–Trinajstić information content (AvgIpc) is 2.05. The molecule has 0 rings (SSSR count). The zero-order valence-corrected chi connectivity index (χ0v) is 10.6. The van der Waals surface area contributed by atoms with E-state index in [4.69, 9.17) is 37.8 Å². The van der Waals surface area contributed by atoms with Crippen LogP contribution < -0.4 is 0 Å². The maximum atomic E-state index is 5.32. The van der Waals surface area contributed by atoms with Gasteiger partial charge in [-0.2, -0.15) is 0 Å². The topological polar surface area (TPSA) is 27.7 Å². The largest absolute Gasteiger partial charge is 0.480 e. The molecule has 0 heterocycles. The minimum absolute atomic E-state index is 0.286. The molecule has 0 aromatic carbocycles. The molecule has 0 aliphatic rings. The van der Waals surface area contributed by atoms with Crippen molar-refractivity contribution >= 4 is 35.3 Å². The normalized spacial score (nSPS) is 11.3. The van der Waals surface area contributed by atoms with Gasteiger partial charge in [0.25, 0.3) is 6.49 Å². The highest BCUT2D eigenvalue weighted by atomic mass is 32.5. The maximum absolute atomic E-state index is 5.32. The predicted octanol–water partition coefficient (Wildman–Crippen LogP) is 2.69. The van der Waals surface area contributed by atoms with Crippen LogP contribution in [-0.4, -0.2) is 24.6 Å². The summed E-state index contributed by atoms with van der Waals surface area (Å²) in [4.78, 5) is 0.286. The van der Waals surface area contributed by atoms with Crippen molar-refractivity contribution in [2.24, 2.45) is 0 Å². The van der Waals surface area contributed by atoms with Crippen LogP contribution in [0.5, 0.6) is 0 Å². The Labute approximate surface area is 89.9 Å². The molecule has 0 bridgehead atoms. The molecule has 0 radical (unpaired) electrons. The monoisotopic (exact) mass is 242 g/mol. The Hall–Kier alpha value is 0.460. The number of thiocarbonyl (C=S) groups is 1. The van der Waals surface area contributed by atoms with Crippen molar-refractivity contribution in [3.63, 3.8) is 0 Å². The fraction of sp³-hybridized carbons (Fsp3) is 0.857. The molecule has 0 amide bonds. The van der Waals surface area contributed by atoms with Crippen molar-refractivity contribution in [3.05, 3.63) is 0 Å². The second kappa shape index (κ2) is 6.85. The van der Waals surface area contributed by atoms with Crippen molar-refractivity contribution in [3.8, 4) is 0 Å². The van der Waals surface area contributed by atoms with Crippen LogP contribution in [0.4, 0.5) is 0 Å². The van der Waals surface area contributed by atoms with E-state index in [0.717, 1.165) is 0 Å². The molecule has 0 N–H and O–H groups in total. The average molecular weight is 242 g/mol. The molecule has 0 aromatic rings. The molecule has 0 spiro atoms. The molecule has 0 aliphatic heterocycles. The highest BCUT2D eigenvalue weighted by Crippen LogP contribution is 2.50. The Morgan fingerprint density at radius 2 is 1.54 bits per heavy atom. The van der Waals surface area contributed by atoms with Crippen LogP contribution in [0.15, 0.2) is 0 Å². The quantitative estimate of drug-likeness (QED) is 0.527. The van der Waals surface area contributed by atoms with Gasteiger partial charge in [-0.25, -0.2) is 0 Å². The number of ether oxygens (including phenoxy) is 1. The summed E-state index contributed by atoms with van der Waals surface area (Å²) in [5.41, 5.74) is 0. The van der Waals surface area contributed by atoms with Crippen LogP contribution in [0, 0.1) is 0 Å². The van der Waals surface area contributed by atoms with Crippen LogP contribution in [-0.2, 0) is 25.6 Å². The second-order valence-corrected chi connectivity index (χ2v) is 6.06. The van der Waals surface area contributed by atoms with Crippen molar-refractivity contribution in [1.29, 1.82) is 0 Å². The Balaban J connectivity index is 4.38. The van der Waals surface area contributed by atoms with E-state index in [1.807, 2.05) is 20.8 Å². The highest BCUT2D eigenvalue weighted by Gasteiger charge is 2.25. The molecule has 0 atom stereocenters. The maximum Gasteiger partial charge on any atom is 0.266 e. The molecular weight excluding hydrogens is 227 g/mol. The van der Waals surface area contributed by atoms with E-state index in [2.05, 4.69) is 0 Å². The fourth-order valence-electron chi connectivity index (χ4n) is 0.685. The molecule has 0 fully saturated rings. The number of rotatable bonds is 6. The van der Waals surface area contributed by atoms with E-state index in [9.17, 15) is 0 Å². The van der Waals surface area contributed by atoms with Gasteiger partial charge < -0.3 is 13.8 Å². The minimum atomic E-state index is -2.48. The lowest BCUT2D eigenvalue weighted by Gasteiger charge is -2.20. The van der Waals surface area contributed by atoms with Gasteiger partial charge in [0.2, 0.25) is 4.79 Å². The molecule has 0 saturated carbocycles. The van der Waals surface area contributed by atoms with Crippen LogP contribution >= 0.6 is 18.7 Å². The van der Waals surface area contributed by atoms with E-state index in [1.54, 1.807) is 0 Å². The predicted molar refractivity (Wildman–Crippen MR) is 61.8 cm³/mol. The summed E-state index contributed by atoms with van der Waals surface area (Å²) >= 11 is 10.2. The summed E-state index contributed by atoms with van der Waals surface area (Å²) in [6.45, 7) is 4.56. The van der Waals surface area contributed by atoms with Crippen molar-refractivity contribution in [2.75, 3.05) is 19.8 Å². The van der Waals surface area contributed by atoms with Gasteiger partial charge in [0.15, 0.2) is 0 Å². The van der Waals surface area contributed by atoms with E-state index in [0.29, 0.717) is 19.8 Å². The van der Waals surface area contributed by atoms with Crippen LogP contribution in [0.3, 0.4) is 0 Å². The molecule has 3 nitrogen and oxygen atoms in total. The molecule has 78 valence electrons. The molecule has 0 saturated heterocycles. The number of hydrogen-bond donors (Lipinski definition) is 0. The van der Waals surface area contributed by atoms with Crippen molar-refractivity contribution < 1.29 is 13.8 Å². The lowest BCUT2D eigenvalue weighted by Crippen LogP contribution is -2.08. The Bertz CT molecular complexity index is 198. The summed E-state index contributed by atoms with van der Waals surface area (Å²) in [6.07, 6.45) is 0.